The summed E-state index contributed by atoms with van der Waals surface area (Å²) in [5.41, 5.74) is 6.84. The van der Waals surface area contributed by atoms with Gasteiger partial charge in [-0.1, -0.05) is 12.1 Å². The van der Waals surface area contributed by atoms with Crippen molar-refractivity contribution in [2.24, 2.45) is 11.7 Å². The molecule has 0 saturated carbocycles. The Kier molecular flexibility index (Phi) is 3.81. The van der Waals surface area contributed by atoms with Crippen molar-refractivity contribution < 1.29 is 4.92 Å². The molecule has 2 rings (SSSR count). The van der Waals surface area contributed by atoms with E-state index in [9.17, 15) is 10.1 Å². The maximum atomic E-state index is 11.0. The summed E-state index contributed by atoms with van der Waals surface area (Å²) in [6.45, 7) is 3.68. The smallest absolute Gasteiger partial charge is 0.292 e. The summed E-state index contributed by atoms with van der Waals surface area (Å²) >= 11 is 0. The SMILES string of the molecule is CC(N)C1CCCN(c2ccccc2[N+](=O)[O-])C1. The molecule has 1 aromatic carbocycles. The topological polar surface area (TPSA) is 72.4 Å². The predicted molar refractivity (Wildman–Crippen MR) is 71.7 cm³/mol. The predicted octanol–water partition coefficient (Wildman–Crippen LogP) is 2.16. The van der Waals surface area contributed by atoms with Gasteiger partial charge in [0.15, 0.2) is 0 Å². The van der Waals surface area contributed by atoms with Crippen molar-refractivity contribution in [3.63, 3.8) is 0 Å². The third-order valence-corrected chi connectivity index (χ3v) is 3.62. The van der Waals surface area contributed by atoms with Crippen molar-refractivity contribution in [3.05, 3.63) is 34.4 Å². The van der Waals surface area contributed by atoms with Gasteiger partial charge in [-0.15, -0.1) is 0 Å². The second-order valence-electron chi connectivity index (χ2n) is 4.95. The van der Waals surface area contributed by atoms with Gasteiger partial charge in [0.05, 0.1) is 4.92 Å². The fourth-order valence-electron chi connectivity index (χ4n) is 2.54. The first-order valence-corrected chi connectivity index (χ1v) is 6.33. The van der Waals surface area contributed by atoms with Gasteiger partial charge < -0.3 is 10.6 Å². The van der Waals surface area contributed by atoms with E-state index < -0.39 is 0 Å². The molecule has 0 amide bonds. The van der Waals surface area contributed by atoms with Crippen molar-refractivity contribution in [2.45, 2.75) is 25.8 Å². The molecule has 0 aromatic heterocycles. The number of rotatable bonds is 3. The lowest BCUT2D eigenvalue weighted by atomic mass is 9.92. The first-order chi connectivity index (χ1) is 8.59. The average Bonchev–Trinajstić information content (AvgIpc) is 2.39. The van der Waals surface area contributed by atoms with Crippen LogP contribution in [0.15, 0.2) is 24.3 Å². The van der Waals surface area contributed by atoms with Gasteiger partial charge in [-0.25, -0.2) is 0 Å². The molecule has 1 aliphatic heterocycles. The minimum absolute atomic E-state index is 0.135. The van der Waals surface area contributed by atoms with Gasteiger partial charge in [-0.05, 0) is 31.7 Å². The first kappa shape index (κ1) is 12.8. The van der Waals surface area contributed by atoms with E-state index in [1.807, 2.05) is 19.1 Å². The molecule has 2 N–H and O–H groups in total. The molecule has 1 fully saturated rings. The lowest BCUT2D eigenvalue weighted by Crippen LogP contribution is -2.42. The Morgan fingerprint density at radius 3 is 2.89 bits per heavy atom. The summed E-state index contributed by atoms with van der Waals surface area (Å²) in [5, 5.41) is 11.0. The molecule has 0 radical (unpaired) electrons. The number of nitrogens with zero attached hydrogens (tertiary/aromatic N) is 2. The number of benzene rings is 1. The summed E-state index contributed by atoms with van der Waals surface area (Å²) in [6.07, 6.45) is 2.15. The van der Waals surface area contributed by atoms with Crippen molar-refractivity contribution in [1.29, 1.82) is 0 Å². The minimum atomic E-state index is -0.315. The highest BCUT2D eigenvalue weighted by atomic mass is 16.6. The third kappa shape index (κ3) is 2.61. The molecule has 2 atom stereocenters. The van der Waals surface area contributed by atoms with E-state index in [0.717, 1.165) is 25.9 Å². The zero-order valence-electron chi connectivity index (χ0n) is 10.6. The molecule has 5 nitrogen and oxygen atoms in total. The van der Waals surface area contributed by atoms with Gasteiger partial charge in [0.2, 0.25) is 0 Å². The van der Waals surface area contributed by atoms with Crippen LogP contribution in [0.25, 0.3) is 0 Å². The summed E-state index contributed by atoms with van der Waals surface area (Å²) in [4.78, 5) is 12.8. The van der Waals surface area contributed by atoms with Gasteiger partial charge in [0.25, 0.3) is 5.69 Å². The molecule has 1 saturated heterocycles. The number of nitro benzene ring substituents is 1. The standard InChI is InChI=1S/C13H19N3O2/c1-10(14)11-5-4-8-15(9-11)12-6-2-3-7-13(12)16(17)18/h2-3,6-7,10-11H,4-5,8-9,14H2,1H3. The Hall–Kier alpha value is -1.62. The van der Waals surface area contributed by atoms with E-state index in [1.54, 1.807) is 12.1 Å². The van der Waals surface area contributed by atoms with Gasteiger partial charge in [-0.3, -0.25) is 10.1 Å². The van der Waals surface area contributed by atoms with Crippen LogP contribution >= 0.6 is 0 Å². The molecule has 5 heteroatoms. The second-order valence-corrected chi connectivity index (χ2v) is 4.95. The molecule has 1 heterocycles. The average molecular weight is 249 g/mol. The summed E-state index contributed by atoms with van der Waals surface area (Å²) in [7, 11) is 0. The molecule has 98 valence electrons. The number of para-hydroxylation sites is 2. The van der Waals surface area contributed by atoms with Crippen LogP contribution in [0.1, 0.15) is 19.8 Å². The highest BCUT2D eigenvalue weighted by Crippen LogP contribution is 2.31. The Balaban J connectivity index is 2.23. The van der Waals surface area contributed by atoms with Crippen LogP contribution in [-0.2, 0) is 0 Å². The van der Waals surface area contributed by atoms with E-state index in [4.69, 9.17) is 5.73 Å². The van der Waals surface area contributed by atoms with Crippen molar-refractivity contribution >= 4 is 11.4 Å². The fourth-order valence-corrected chi connectivity index (χ4v) is 2.54. The molecule has 18 heavy (non-hydrogen) atoms. The van der Waals surface area contributed by atoms with Crippen molar-refractivity contribution in [2.75, 3.05) is 18.0 Å². The van der Waals surface area contributed by atoms with E-state index in [2.05, 4.69) is 4.90 Å². The highest BCUT2D eigenvalue weighted by Gasteiger charge is 2.26. The zero-order valence-corrected chi connectivity index (χ0v) is 10.6. The van der Waals surface area contributed by atoms with Crippen molar-refractivity contribution in [3.8, 4) is 0 Å². The third-order valence-electron chi connectivity index (χ3n) is 3.62. The van der Waals surface area contributed by atoms with Gasteiger partial charge in [0.1, 0.15) is 5.69 Å². The van der Waals surface area contributed by atoms with Crippen LogP contribution in [0.4, 0.5) is 11.4 Å². The largest absolute Gasteiger partial charge is 0.366 e. The van der Waals surface area contributed by atoms with Crippen LogP contribution in [0.2, 0.25) is 0 Å². The van der Waals surface area contributed by atoms with Crippen LogP contribution in [0, 0.1) is 16.0 Å². The van der Waals surface area contributed by atoms with Crippen LogP contribution < -0.4 is 10.6 Å². The molecular weight excluding hydrogens is 230 g/mol. The lowest BCUT2D eigenvalue weighted by Gasteiger charge is -2.35. The number of hydrogen-bond acceptors (Lipinski definition) is 4. The van der Waals surface area contributed by atoms with Gasteiger partial charge >= 0.3 is 0 Å². The molecular formula is C13H19N3O2. The minimum Gasteiger partial charge on any atom is -0.366 e. The van der Waals surface area contributed by atoms with Gasteiger partial charge in [0, 0.05) is 25.2 Å². The van der Waals surface area contributed by atoms with Crippen LogP contribution in [0.5, 0.6) is 0 Å². The monoisotopic (exact) mass is 249 g/mol. The maximum Gasteiger partial charge on any atom is 0.292 e. The second kappa shape index (κ2) is 5.35. The van der Waals surface area contributed by atoms with E-state index in [1.165, 1.54) is 0 Å². The number of nitro groups is 1. The molecule has 0 spiro atoms. The van der Waals surface area contributed by atoms with E-state index in [-0.39, 0.29) is 16.7 Å². The Labute approximate surface area is 107 Å². The summed E-state index contributed by atoms with van der Waals surface area (Å²) in [6, 6.07) is 7.06. The highest BCUT2D eigenvalue weighted by molar-refractivity contribution is 5.63. The van der Waals surface area contributed by atoms with Gasteiger partial charge in [-0.2, -0.15) is 0 Å². The fraction of sp³-hybridized carbons (Fsp3) is 0.538. The van der Waals surface area contributed by atoms with E-state index >= 15 is 0 Å². The first-order valence-electron chi connectivity index (χ1n) is 6.33. The number of nitrogens with two attached hydrogens (primary N) is 1. The molecule has 0 bridgehead atoms. The number of anilines is 1. The molecule has 2 unspecified atom stereocenters. The Bertz CT molecular complexity index is 434. The normalized spacial score (nSPS) is 21.7. The lowest BCUT2D eigenvalue weighted by molar-refractivity contribution is -0.384. The van der Waals surface area contributed by atoms with Crippen molar-refractivity contribution in [1.82, 2.24) is 0 Å². The maximum absolute atomic E-state index is 11.0. The number of hydrogen-bond donors (Lipinski definition) is 1. The Morgan fingerprint density at radius 1 is 1.50 bits per heavy atom. The summed E-state index contributed by atoms with van der Waals surface area (Å²) in [5.74, 6) is 0.415. The van der Waals surface area contributed by atoms with Crippen LogP contribution in [0.3, 0.4) is 0 Å². The molecule has 0 aliphatic carbocycles. The molecule has 1 aliphatic rings. The Morgan fingerprint density at radius 2 is 2.22 bits per heavy atom. The van der Waals surface area contributed by atoms with Crippen LogP contribution in [-0.4, -0.2) is 24.1 Å². The molecule has 1 aromatic rings. The number of piperidine rings is 1. The zero-order chi connectivity index (χ0) is 13.1. The summed E-state index contributed by atoms with van der Waals surface area (Å²) < 4.78 is 0. The van der Waals surface area contributed by atoms with E-state index in [0.29, 0.717) is 11.6 Å². The quantitative estimate of drug-likeness (QED) is 0.658.